The zero-order valence-corrected chi connectivity index (χ0v) is 20.7. The first-order chi connectivity index (χ1) is 18.1. The summed E-state index contributed by atoms with van der Waals surface area (Å²) < 4.78 is 12.4. The molecule has 1 N–H and O–H groups in total. The van der Waals surface area contributed by atoms with E-state index in [1.165, 1.54) is 12.2 Å². The second kappa shape index (κ2) is 11.0. The minimum atomic E-state index is -0.590. The van der Waals surface area contributed by atoms with Crippen molar-refractivity contribution in [1.29, 1.82) is 0 Å². The van der Waals surface area contributed by atoms with Gasteiger partial charge in [-0.25, -0.2) is 19.8 Å². The van der Waals surface area contributed by atoms with Crippen LogP contribution in [0.15, 0.2) is 48.7 Å². The molecule has 0 spiro atoms. The highest BCUT2D eigenvalue weighted by molar-refractivity contribution is 6.29. The lowest BCUT2D eigenvalue weighted by Crippen LogP contribution is -2.51. The number of nitrogens with zero attached hydrogens (tertiary/aromatic N) is 6. The fourth-order valence-electron chi connectivity index (χ4n) is 4.24. The number of anilines is 1. The Kier molecular flexibility index (Phi) is 7.33. The van der Waals surface area contributed by atoms with Crippen molar-refractivity contribution in [3.63, 3.8) is 0 Å². The molecule has 3 aromatic rings. The minimum absolute atomic E-state index is 0.0107. The number of imidazole rings is 1. The molecule has 2 aliphatic rings. The van der Waals surface area contributed by atoms with Gasteiger partial charge in [-0.05, 0) is 24.1 Å². The topological polar surface area (TPSA) is 124 Å². The lowest BCUT2D eigenvalue weighted by molar-refractivity contribution is -0.176. The third kappa shape index (κ3) is 5.42. The number of fused-ring (bicyclic) bond motifs is 1. The number of ether oxygens (including phenoxy) is 2. The zero-order chi connectivity index (χ0) is 25.8. The van der Waals surface area contributed by atoms with Crippen molar-refractivity contribution in [3.8, 4) is 17.4 Å². The van der Waals surface area contributed by atoms with Crippen LogP contribution in [0.3, 0.4) is 0 Å². The van der Waals surface area contributed by atoms with Crippen molar-refractivity contribution in [2.24, 2.45) is 0 Å². The fraction of sp³-hybridized carbons (Fsp3) is 0.333. The molecule has 12 nitrogen and oxygen atoms in total. The monoisotopic (exact) mass is 525 g/mol. The molecule has 4 heterocycles. The van der Waals surface area contributed by atoms with Gasteiger partial charge in [0.1, 0.15) is 28.9 Å². The maximum atomic E-state index is 13.1. The van der Waals surface area contributed by atoms with E-state index >= 15 is 0 Å². The van der Waals surface area contributed by atoms with Gasteiger partial charge < -0.3 is 19.7 Å². The van der Waals surface area contributed by atoms with Crippen LogP contribution in [0.4, 0.5) is 5.82 Å². The third-order valence-corrected chi connectivity index (χ3v) is 6.24. The van der Waals surface area contributed by atoms with Crippen LogP contribution in [-0.4, -0.2) is 76.0 Å². The Hall–Kier alpha value is -3.96. The largest absolute Gasteiger partial charge is 0.454 e. The first-order valence-electron chi connectivity index (χ1n) is 11.6. The van der Waals surface area contributed by atoms with Crippen LogP contribution in [-0.2, 0) is 20.8 Å². The molecular formula is C24H24ClN7O5. The average molecular weight is 526 g/mol. The number of aromatic nitrogens is 4. The molecular weight excluding hydrogens is 502 g/mol. The molecule has 13 heteroatoms. The molecule has 1 saturated heterocycles. The highest BCUT2D eigenvalue weighted by Crippen LogP contribution is 2.32. The Morgan fingerprint density at radius 3 is 2.95 bits per heavy atom. The Bertz CT molecular complexity index is 1330. The number of nitrogens with one attached hydrogen (secondary N) is 1. The number of hydroxylamine groups is 2. The molecule has 1 atom stereocenters. The van der Waals surface area contributed by atoms with E-state index in [0.717, 1.165) is 5.56 Å². The molecule has 1 fully saturated rings. The predicted octanol–water partition coefficient (Wildman–Crippen LogP) is 1.56. The summed E-state index contributed by atoms with van der Waals surface area (Å²) in [6.45, 7) is 1.46. The Morgan fingerprint density at radius 1 is 1.30 bits per heavy atom. The summed E-state index contributed by atoms with van der Waals surface area (Å²) in [5, 5.41) is 4.71. The normalized spacial score (nSPS) is 16.5. The molecule has 0 saturated carbocycles. The molecule has 0 aliphatic carbocycles. The van der Waals surface area contributed by atoms with E-state index in [1.807, 2.05) is 24.1 Å². The van der Waals surface area contributed by atoms with E-state index in [-0.39, 0.29) is 30.0 Å². The maximum Gasteiger partial charge on any atom is 0.248 e. The van der Waals surface area contributed by atoms with Gasteiger partial charge in [0.15, 0.2) is 11.5 Å². The Labute approximate surface area is 217 Å². The Balaban J connectivity index is 1.27. The zero-order valence-electron chi connectivity index (χ0n) is 20.0. The molecule has 1 aromatic carbocycles. The van der Waals surface area contributed by atoms with Crippen LogP contribution < -0.4 is 19.7 Å². The molecule has 0 bridgehead atoms. The summed E-state index contributed by atoms with van der Waals surface area (Å²) in [7, 11) is 1.44. The number of benzene rings is 1. The van der Waals surface area contributed by atoms with Gasteiger partial charge >= 0.3 is 0 Å². The number of rotatable bonds is 8. The molecule has 0 radical (unpaired) electrons. The van der Waals surface area contributed by atoms with Crippen molar-refractivity contribution in [1.82, 2.24) is 29.9 Å². The van der Waals surface area contributed by atoms with Crippen molar-refractivity contribution >= 4 is 29.3 Å². The smallest absolute Gasteiger partial charge is 0.248 e. The highest BCUT2D eigenvalue weighted by atomic mass is 35.5. The van der Waals surface area contributed by atoms with Gasteiger partial charge in [-0.2, -0.15) is 4.98 Å². The summed E-state index contributed by atoms with van der Waals surface area (Å²) in [6.07, 6.45) is 5.37. The van der Waals surface area contributed by atoms with Gasteiger partial charge in [0.05, 0.1) is 26.1 Å². The van der Waals surface area contributed by atoms with Crippen LogP contribution >= 0.6 is 11.6 Å². The molecule has 37 heavy (non-hydrogen) atoms. The van der Waals surface area contributed by atoms with Crippen molar-refractivity contribution in [3.05, 3.63) is 59.4 Å². The summed E-state index contributed by atoms with van der Waals surface area (Å²) in [5.74, 6) is 3.82. The summed E-state index contributed by atoms with van der Waals surface area (Å²) >= 11 is 6.25. The van der Waals surface area contributed by atoms with Gasteiger partial charge in [0.25, 0.3) is 0 Å². The van der Waals surface area contributed by atoms with Gasteiger partial charge in [0, 0.05) is 31.5 Å². The van der Waals surface area contributed by atoms with Crippen molar-refractivity contribution in [2.75, 3.05) is 38.4 Å². The average Bonchev–Trinajstić information content (AvgIpc) is 3.61. The van der Waals surface area contributed by atoms with Crippen LogP contribution in [0.5, 0.6) is 11.5 Å². The number of amides is 1. The quantitative estimate of drug-likeness (QED) is 0.263. The molecule has 5 rings (SSSR count). The lowest BCUT2D eigenvalue weighted by Gasteiger charge is -2.35. The SMILES string of the molecule is CON(CCc1ccc2c(c1)OCO2)C(=O)CC1NCCN(c2cc(Cl)nc(-n3ccnc3)n2)C1=C=O. The van der Waals surface area contributed by atoms with Gasteiger partial charge in [0.2, 0.25) is 18.6 Å². The fourth-order valence-corrected chi connectivity index (χ4v) is 4.41. The lowest BCUT2D eigenvalue weighted by atomic mass is 10.1. The summed E-state index contributed by atoms with van der Waals surface area (Å²) in [6, 6.07) is 6.63. The van der Waals surface area contributed by atoms with Crippen LogP contribution in [0, 0.1) is 0 Å². The van der Waals surface area contributed by atoms with Gasteiger partial charge in [-0.3, -0.25) is 14.2 Å². The highest BCUT2D eigenvalue weighted by Gasteiger charge is 2.31. The minimum Gasteiger partial charge on any atom is -0.454 e. The summed E-state index contributed by atoms with van der Waals surface area (Å²) in [5.41, 5.74) is 1.22. The van der Waals surface area contributed by atoms with E-state index < -0.39 is 6.04 Å². The second-order valence-electron chi connectivity index (χ2n) is 8.28. The number of hydrogen-bond acceptors (Lipinski definition) is 10. The third-order valence-electron chi connectivity index (χ3n) is 6.05. The van der Waals surface area contributed by atoms with Gasteiger partial charge in [-0.15, -0.1) is 0 Å². The number of carbonyl (C=O) groups excluding carboxylic acids is 2. The molecule has 1 unspecified atom stereocenters. The molecule has 2 aromatic heterocycles. The Morgan fingerprint density at radius 2 is 2.16 bits per heavy atom. The van der Waals surface area contributed by atoms with E-state index in [9.17, 15) is 9.59 Å². The molecule has 192 valence electrons. The van der Waals surface area contributed by atoms with Crippen LogP contribution in [0.25, 0.3) is 5.95 Å². The first-order valence-corrected chi connectivity index (χ1v) is 12.0. The first kappa shape index (κ1) is 24.7. The number of halogens is 1. The summed E-state index contributed by atoms with van der Waals surface area (Å²) in [4.78, 5) is 45.0. The van der Waals surface area contributed by atoms with E-state index in [1.54, 1.807) is 34.3 Å². The number of piperazine rings is 1. The maximum absolute atomic E-state index is 13.1. The van der Waals surface area contributed by atoms with Crippen LogP contribution in [0.1, 0.15) is 12.0 Å². The van der Waals surface area contributed by atoms with Crippen molar-refractivity contribution < 1.29 is 23.9 Å². The predicted molar refractivity (Wildman–Crippen MR) is 132 cm³/mol. The van der Waals surface area contributed by atoms with E-state index in [0.29, 0.717) is 49.3 Å². The number of hydrogen-bond donors (Lipinski definition) is 1. The van der Waals surface area contributed by atoms with Crippen LogP contribution in [0.2, 0.25) is 5.15 Å². The standard InChI is InChI=1S/C24H24ClN7O5/c1-35-32(7-4-16-2-3-19-20(10-16)37-15-36-19)23(34)11-17-18(13-33)31(9-6-27-17)22-12-21(25)28-24(29-22)30-8-5-26-14-30/h2-3,5,8,10,12,14,17,27H,4,6-7,9,11,15H2,1H3. The van der Waals surface area contributed by atoms with E-state index in [2.05, 4.69) is 20.3 Å². The molecule has 2 aliphatic heterocycles. The molecule has 1 amide bonds. The second-order valence-corrected chi connectivity index (χ2v) is 8.67. The van der Waals surface area contributed by atoms with E-state index in [4.69, 9.17) is 25.9 Å². The van der Waals surface area contributed by atoms with Gasteiger partial charge in [-0.1, -0.05) is 17.7 Å². The van der Waals surface area contributed by atoms with Crippen molar-refractivity contribution in [2.45, 2.75) is 18.9 Å². The number of carbonyl (C=O) groups is 1.